The summed E-state index contributed by atoms with van der Waals surface area (Å²) in [7, 11) is 0. The van der Waals surface area contributed by atoms with Crippen molar-refractivity contribution in [1.82, 2.24) is 10.3 Å². The molecule has 0 aliphatic rings. The van der Waals surface area contributed by atoms with Crippen molar-refractivity contribution in [2.24, 2.45) is 0 Å². The van der Waals surface area contributed by atoms with Crippen LogP contribution in [0.25, 0.3) is 11.3 Å². The molecule has 0 atom stereocenters. The zero-order valence-electron chi connectivity index (χ0n) is 10.2. The Bertz CT molecular complexity index is 538. The molecule has 0 aliphatic heterocycles. The van der Waals surface area contributed by atoms with E-state index in [4.69, 9.17) is 4.42 Å². The Morgan fingerprint density at radius 2 is 2.11 bits per heavy atom. The highest BCUT2D eigenvalue weighted by atomic mass is 19.1. The van der Waals surface area contributed by atoms with Crippen LogP contribution in [0.15, 0.2) is 28.8 Å². The number of hydrogen-bond donors (Lipinski definition) is 1. The standard InChI is InChI=1S/C13H14F2N2O/c1-8(2)16-7-13-17-6-12(18-13)10-5-9(14)3-4-11(10)15/h3-6,8,16H,7H2,1-2H3. The van der Waals surface area contributed by atoms with Gasteiger partial charge in [0.15, 0.2) is 5.76 Å². The largest absolute Gasteiger partial charge is 0.439 e. The molecule has 1 aromatic carbocycles. The summed E-state index contributed by atoms with van der Waals surface area (Å²) in [5.41, 5.74) is 0.0818. The van der Waals surface area contributed by atoms with Gasteiger partial charge in [0.25, 0.3) is 0 Å². The number of halogens is 2. The average molecular weight is 252 g/mol. The van der Waals surface area contributed by atoms with Gasteiger partial charge in [-0.15, -0.1) is 0 Å². The van der Waals surface area contributed by atoms with Gasteiger partial charge < -0.3 is 9.73 Å². The van der Waals surface area contributed by atoms with Crippen LogP contribution in [-0.2, 0) is 6.54 Å². The van der Waals surface area contributed by atoms with Gasteiger partial charge in [0, 0.05) is 6.04 Å². The van der Waals surface area contributed by atoms with E-state index in [-0.39, 0.29) is 11.3 Å². The first-order valence-electron chi connectivity index (χ1n) is 5.70. The first-order chi connectivity index (χ1) is 8.56. The van der Waals surface area contributed by atoms with Crippen LogP contribution in [0.4, 0.5) is 8.78 Å². The van der Waals surface area contributed by atoms with E-state index in [1.807, 2.05) is 13.8 Å². The van der Waals surface area contributed by atoms with Crippen molar-refractivity contribution in [2.45, 2.75) is 26.4 Å². The third kappa shape index (κ3) is 2.92. The van der Waals surface area contributed by atoms with Crippen LogP contribution in [0.2, 0.25) is 0 Å². The molecule has 18 heavy (non-hydrogen) atoms. The van der Waals surface area contributed by atoms with Crippen molar-refractivity contribution in [1.29, 1.82) is 0 Å². The van der Waals surface area contributed by atoms with Crippen LogP contribution in [0.1, 0.15) is 19.7 Å². The average Bonchev–Trinajstić information content (AvgIpc) is 2.78. The van der Waals surface area contributed by atoms with Crippen molar-refractivity contribution in [3.05, 3.63) is 41.9 Å². The monoisotopic (exact) mass is 252 g/mol. The lowest BCUT2D eigenvalue weighted by Gasteiger charge is -2.04. The lowest BCUT2D eigenvalue weighted by molar-refractivity contribution is 0.457. The van der Waals surface area contributed by atoms with E-state index in [1.165, 1.54) is 6.20 Å². The number of oxazole rings is 1. The normalized spacial score (nSPS) is 11.2. The molecule has 3 nitrogen and oxygen atoms in total. The molecule has 5 heteroatoms. The molecule has 1 heterocycles. The fourth-order valence-electron chi connectivity index (χ4n) is 1.49. The van der Waals surface area contributed by atoms with Gasteiger partial charge in [0.05, 0.1) is 18.3 Å². The van der Waals surface area contributed by atoms with Crippen molar-refractivity contribution in [3.63, 3.8) is 0 Å². The number of nitrogens with zero attached hydrogens (tertiary/aromatic N) is 1. The van der Waals surface area contributed by atoms with Crippen LogP contribution in [-0.4, -0.2) is 11.0 Å². The molecule has 0 saturated heterocycles. The summed E-state index contributed by atoms with van der Waals surface area (Å²) < 4.78 is 31.9. The summed E-state index contributed by atoms with van der Waals surface area (Å²) in [5.74, 6) is -0.365. The maximum absolute atomic E-state index is 13.5. The molecule has 0 bridgehead atoms. The molecule has 0 aliphatic carbocycles. The van der Waals surface area contributed by atoms with Crippen LogP contribution in [0.3, 0.4) is 0 Å². The maximum Gasteiger partial charge on any atom is 0.208 e. The minimum Gasteiger partial charge on any atom is -0.439 e. The Balaban J connectivity index is 2.21. The number of benzene rings is 1. The summed E-state index contributed by atoms with van der Waals surface area (Å²) in [6.45, 7) is 4.45. The zero-order chi connectivity index (χ0) is 13.1. The second kappa shape index (κ2) is 5.27. The van der Waals surface area contributed by atoms with E-state index in [0.717, 1.165) is 18.2 Å². The number of rotatable bonds is 4. The van der Waals surface area contributed by atoms with Crippen LogP contribution >= 0.6 is 0 Å². The quantitative estimate of drug-likeness (QED) is 0.908. The topological polar surface area (TPSA) is 38.1 Å². The molecule has 0 saturated carbocycles. The minimum atomic E-state index is -0.532. The molecule has 1 N–H and O–H groups in total. The smallest absolute Gasteiger partial charge is 0.208 e. The lowest BCUT2D eigenvalue weighted by Crippen LogP contribution is -2.21. The van der Waals surface area contributed by atoms with E-state index in [2.05, 4.69) is 10.3 Å². The second-order valence-corrected chi connectivity index (χ2v) is 4.28. The molecular formula is C13H14F2N2O. The molecule has 2 aromatic rings. The van der Waals surface area contributed by atoms with Gasteiger partial charge in [-0.1, -0.05) is 13.8 Å². The number of aromatic nitrogens is 1. The SMILES string of the molecule is CC(C)NCc1ncc(-c2cc(F)ccc2F)o1. The van der Waals surface area contributed by atoms with Gasteiger partial charge in [-0.05, 0) is 18.2 Å². The van der Waals surface area contributed by atoms with Gasteiger partial charge in [-0.2, -0.15) is 0 Å². The van der Waals surface area contributed by atoms with Gasteiger partial charge in [-0.25, -0.2) is 13.8 Å². The molecular weight excluding hydrogens is 238 g/mol. The fourth-order valence-corrected chi connectivity index (χ4v) is 1.49. The highest BCUT2D eigenvalue weighted by Gasteiger charge is 2.12. The molecule has 0 fully saturated rings. The van der Waals surface area contributed by atoms with Gasteiger partial charge in [0.1, 0.15) is 11.6 Å². The van der Waals surface area contributed by atoms with Gasteiger partial charge >= 0.3 is 0 Å². The molecule has 1 aromatic heterocycles. The van der Waals surface area contributed by atoms with Crippen molar-refractivity contribution in [2.75, 3.05) is 0 Å². The van der Waals surface area contributed by atoms with Crippen LogP contribution < -0.4 is 5.32 Å². The van der Waals surface area contributed by atoms with E-state index in [1.54, 1.807) is 0 Å². The Kier molecular flexibility index (Phi) is 3.72. The fraction of sp³-hybridized carbons (Fsp3) is 0.308. The summed E-state index contributed by atoms with van der Waals surface area (Å²) in [4.78, 5) is 4.02. The molecule has 0 spiro atoms. The highest BCUT2D eigenvalue weighted by molar-refractivity contribution is 5.57. The third-order valence-corrected chi connectivity index (χ3v) is 2.41. The Labute approximate surface area is 104 Å². The van der Waals surface area contributed by atoms with Gasteiger partial charge in [0.2, 0.25) is 5.89 Å². The molecule has 0 unspecified atom stereocenters. The maximum atomic E-state index is 13.5. The van der Waals surface area contributed by atoms with Crippen molar-refractivity contribution >= 4 is 0 Å². The van der Waals surface area contributed by atoms with E-state index in [9.17, 15) is 8.78 Å². The Morgan fingerprint density at radius 1 is 1.33 bits per heavy atom. The van der Waals surface area contributed by atoms with E-state index < -0.39 is 11.6 Å². The Hall–Kier alpha value is -1.75. The van der Waals surface area contributed by atoms with Crippen molar-refractivity contribution in [3.8, 4) is 11.3 Å². The molecule has 0 amide bonds. The lowest BCUT2D eigenvalue weighted by atomic mass is 10.2. The minimum absolute atomic E-state index is 0.0818. The second-order valence-electron chi connectivity index (χ2n) is 4.28. The zero-order valence-corrected chi connectivity index (χ0v) is 10.2. The first-order valence-corrected chi connectivity index (χ1v) is 5.70. The predicted molar refractivity (Wildman–Crippen MR) is 63.8 cm³/mol. The summed E-state index contributed by atoms with van der Waals surface area (Å²) in [6.07, 6.45) is 1.40. The molecule has 2 rings (SSSR count). The van der Waals surface area contributed by atoms with Gasteiger partial charge in [-0.3, -0.25) is 0 Å². The molecule has 96 valence electrons. The van der Waals surface area contributed by atoms with Crippen LogP contribution in [0.5, 0.6) is 0 Å². The number of nitrogens with one attached hydrogen (secondary N) is 1. The third-order valence-electron chi connectivity index (χ3n) is 2.41. The Morgan fingerprint density at radius 3 is 2.83 bits per heavy atom. The summed E-state index contributed by atoms with van der Waals surface area (Å²) in [6, 6.07) is 3.52. The van der Waals surface area contributed by atoms with Crippen molar-refractivity contribution < 1.29 is 13.2 Å². The first kappa shape index (κ1) is 12.7. The number of hydrogen-bond acceptors (Lipinski definition) is 3. The summed E-state index contributed by atoms with van der Waals surface area (Å²) >= 11 is 0. The predicted octanol–water partition coefficient (Wildman–Crippen LogP) is 3.12. The summed E-state index contributed by atoms with van der Waals surface area (Å²) in [5, 5.41) is 3.13. The van der Waals surface area contributed by atoms with E-state index >= 15 is 0 Å². The van der Waals surface area contributed by atoms with E-state index in [0.29, 0.717) is 18.5 Å². The highest BCUT2D eigenvalue weighted by Crippen LogP contribution is 2.24. The molecule has 0 radical (unpaired) electrons. The van der Waals surface area contributed by atoms with Crippen LogP contribution in [0, 0.1) is 11.6 Å².